The number of aromatic nitrogens is 2. The van der Waals surface area contributed by atoms with Crippen LogP contribution in [0, 0.1) is 5.82 Å². The predicted octanol–water partition coefficient (Wildman–Crippen LogP) is 2.03. The molecule has 2 rings (SSSR count). The second kappa shape index (κ2) is 3.82. The Morgan fingerprint density at radius 3 is 2.87 bits per heavy atom. The summed E-state index contributed by atoms with van der Waals surface area (Å²) in [6.45, 7) is 1.76. The first-order valence-corrected chi connectivity index (χ1v) is 4.72. The van der Waals surface area contributed by atoms with E-state index in [1.165, 1.54) is 6.07 Å². The lowest BCUT2D eigenvalue weighted by molar-refractivity contribution is 0.591. The molecular weight excluding hydrogens is 193 g/mol. The maximum absolute atomic E-state index is 13.6. The molecule has 0 saturated carbocycles. The first kappa shape index (κ1) is 9.86. The zero-order valence-electron chi connectivity index (χ0n) is 8.39. The molecule has 78 valence electrons. The van der Waals surface area contributed by atoms with Crippen molar-refractivity contribution in [2.45, 2.75) is 13.0 Å². The normalized spacial score (nSPS) is 12.7. The fourth-order valence-corrected chi connectivity index (χ4v) is 1.60. The number of halogens is 1. The van der Waals surface area contributed by atoms with Crippen molar-refractivity contribution in [3.05, 3.63) is 48.3 Å². The van der Waals surface area contributed by atoms with Crippen LogP contribution in [-0.4, -0.2) is 9.55 Å². The van der Waals surface area contributed by atoms with Crippen molar-refractivity contribution < 1.29 is 4.39 Å². The fourth-order valence-electron chi connectivity index (χ4n) is 1.60. The van der Waals surface area contributed by atoms with Crippen molar-refractivity contribution in [3.8, 4) is 5.69 Å². The lowest BCUT2D eigenvalue weighted by atomic mass is 10.1. The Morgan fingerprint density at radius 2 is 2.27 bits per heavy atom. The van der Waals surface area contributed by atoms with Gasteiger partial charge in [0.2, 0.25) is 0 Å². The second-order valence-electron chi connectivity index (χ2n) is 3.43. The molecule has 0 bridgehead atoms. The third-order valence-electron chi connectivity index (χ3n) is 2.27. The molecule has 0 saturated heterocycles. The van der Waals surface area contributed by atoms with Crippen LogP contribution in [0.4, 0.5) is 4.39 Å². The van der Waals surface area contributed by atoms with Crippen LogP contribution < -0.4 is 5.73 Å². The van der Waals surface area contributed by atoms with Crippen molar-refractivity contribution in [2.24, 2.45) is 5.73 Å². The van der Waals surface area contributed by atoms with Gasteiger partial charge in [0.05, 0.1) is 12.0 Å². The minimum absolute atomic E-state index is 0.281. The molecule has 0 aliphatic rings. The fraction of sp³-hybridized carbons (Fsp3) is 0.182. The summed E-state index contributed by atoms with van der Waals surface area (Å²) >= 11 is 0. The van der Waals surface area contributed by atoms with Crippen LogP contribution in [0.25, 0.3) is 5.69 Å². The third kappa shape index (κ3) is 1.76. The molecule has 0 radical (unpaired) electrons. The Bertz CT molecular complexity index is 449. The lowest BCUT2D eigenvalue weighted by Gasteiger charge is -2.13. The number of hydrogen-bond donors (Lipinski definition) is 1. The third-order valence-corrected chi connectivity index (χ3v) is 2.27. The van der Waals surface area contributed by atoms with E-state index < -0.39 is 0 Å². The van der Waals surface area contributed by atoms with E-state index in [1.807, 2.05) is 6.07 Å². The number of imidazole rings is 1. The smallest absolute Gasteiger partial charge is 0.130 e. The van der Waals surface area contributed by atoms with Gasteiger partial charge in [-0.3, -0.25) is 0 Å². The number of hydrogen-bond acceptors (Lipinski definition) is 2. The lowest BCUT2D eigenvalue weighted by Crippen LogP contribution is -2.11. The van der Waals surface area contributed by atoms with Gasteiger partial charge in [-0.1, -0.05) is 6.07 Å². The van der Waals surface area contributed by atoms with E-state index in [1.54, 1.807) is 36.3 Å². The molecule has 0 aliphatic heterocycles. The van der Waals surface area contributed by atoms with Gasteiger partial charge >= 0.3 is 0 Å². The molecule has 0 amide bonds. The highest BCUT2D eigenvalue weighted by Crippen LogP contribution is 2.22. The summed E-state index contributed by atoms with van der Waals surface area (Å²) in [7, 11) is 0. The molecule has 1 aromatic carbocycles. The van der Waals surface area contributed by atoms with E-state index in [-0.39, 0.29) is 11.9 Å². The van der Waals surface area contributed by atoms with E-state index in [2.05, 4.69) is 4.98 Å². The van der Waals surface area contributed by atoms with Crippen LogP contribution >= 0.6 is 0 Å². The molecule has 1 atom stereocenters. The van der Waals surface area contributed by atoms with Crippen LogP contribution in [0.2, 0.25) is 0 Å². The molecule has 0 spiro atoms. The van der Waals surface area contributed by atoms with E-state index in [9.17, 15) is 4.39 Å². The molecule has 3 nitrogen and oxygen atoms in total. The van der Waals surface area contributed by atoms with Gasteiger partial charge in [0, 0.05) is 24.0 Å². The van der Waals surface area contributed by atoms with Crippen LogP contribution in [0.1, 0.15) is 18.5 Å². The number of nitrogens with two attached hydrogens (primary N) is 1. The van der Waals surface area contributed by atoms with Crippen molar-refractivity contribution >= 4 is 0 Å². The van der Waals surface area contributed by atoms with E-state index in [0.29, 0.717) is 5.56 Å². The topological polar surface area (TPSA) is 43.8 Å². The van der Waals surface area contributed by atoms with Gasteiger partial charge in [0.1, 0.15) is 5.82 Å². The zero-order chi connectivity index (χ0) is 10.8. The van der Waals surface area contributed by atoms with Crippen LogP contribution in [-0.2, 0) is 0 Å². The van der Waals surface area contributed by atoms with Crippen LogP contribution in [0.15, 0.2) is 36.9 Å². The summed E-state index contributed by atoms with van der Waals surface area (Å²) < 4.78 is 15.3. The van der Waals surface area contributed by atoms with Crippen molar-refractivity contribution in [1.82, 2.24) is 9.55 Å². The van der Waals surface area contributed by atoms with E-state index >= 15 is 0 Å². The second-order valence-corrected chi connectivity index (χ2v) is 3.43. The van der Waals surface area contributed by atoms with Gasteiger partial charge in [0.25, 0.3) is 0 Å². The van der Waals surface area contributed by atoms with Gasteiger partial charge in [-0.15, -0.1) is 0 Å². The molecule has 0 fully saturated rings. The molecule has 4 heteroatoms. The molecule has 0 unspecified atom stereocenters. The van der Waals surface area contributed by atoms with Crippen molar-refractivity contribution in [1.29, 1.82) is 0 Å². The number of benzene rings is 1. The summed E-state index contributed by atoms with van der Waals surface area (Å²) in [5.74, 6) is -0.281. The van der Waals surface area contributed by atoms with Crippen LogP contribution in [0.5, 0.6) is 0 Å². The first-order valence-electron chi connectivity index (χ1n) is 4.72. The zero-order valence-corrected chi connectivity index (χ0v) is 8.39. The Hall–Kier alpha value is -1.68. The average Bonchev–Trinajstić information content (AvgIpc) is 2.69. The quantitative estimate of drug-likeness (QED) is 0.815. The number of nitrogens with zero attached hydrogens (tertiary/aromatic N) is 2. The molecule has 0 aliphatic carbocycles. The molecule has 1 heterocycles. The average molecular weight is 205 g/mol. The van der Waals surface area contributed by atoms with Gasteiger partial charge in [0.15, 0.2) is 0 Å². The first-order chi connectivity index (χ1) is 7.20. The van der Waals surface area contributed by atoms with E-state index in [4.69, 9.17) is 5.73 Å². The van der Waals surface area contributed by atoms with Crippen LogP contribution in [0.3, 0.4) is 0 Å². The molecule has 2 aromatic rings. The summed E-state index contributed by atoms with van der Waals surface area (Å²) in [5.41, 5.74) is 7.00. The number of rotatable bonds is 2. The van der Waals surface area contributed by atoms with Gasteiger partial charge in [-0.2, -0.15) is 0 Å². The summed E-state index contributed by atoms with van der Waals surface area (Å²) in [6, 6.07) is 4.56. The van der Waals surface area contributed by atoms with Gasteiger partial charge < -0.3 is 10.3 Å². The van der Waals surface area contributed by atoms with E-state index in [0.717, 1.165) is 5.69 Å². The monoisotopic (exact) mass is 205 g/mol. The Morgan fingerprint density at radius 1 is 1.47 bits per heavy atom. The Kier molecular flexibility index (Phi) is 2.51. The van der Waals surface area contributed by atoms with Crippen molar-refractivity contribution in [2.75, 3.05) is 0 Å². The summed E-state index contributed by atoms with van der Waals surface area (Å²) in [6.07, 6.45) is 5.04. The Labute approximate surface area is 87.4 Å². The minimum atomic E-state index is -0.344. The molecule has 2 N–H and O–H groups in total. The SMILES string of the molecule is C[C@H](N)c1c(F)cccc1-n1ccnc1. The van der Waals surface area contributed by atoms with Crippen molar-refractivity contribution in [3.63, 3.8) is 0 Å². The highest BCUT2D eigenvalue weighted by atomic mass is 19.1. The molecular formula is C11H12FN3. The molecule has 15 heavy (non-hydrogen) atoms. The maximum atomic E-state index is 13.6. The summed E-state index contributed by atoms with van der Waals surface area (Å²) in [5, 5.41) is 0. The predicted molar refractivity (Wildman–Crippen MR) is 56.1 cm³/mol. The highest BCUT2D eigenvalue weighted by Gasteiger charge is 2.13. The Balaban J connectivity index is 2.61. The standard InChI is InChI=1S/C11H12FN3/c1-8(13)11-9(12)3-2-4-10(11)15-6-5-14-7-15/h2-8H,13H2,1H3/t8-/m0/s1. The summed E-state index contributed by atoms with van der Waals surface area (Å²) in [4.78, 5) is 3.93. The molecule has 1 aromatic heterocycles. The maximum Gasteiger partial charge on any atom is 0.130 e. The largest absolute Gasteiger partial charge is 0.324 e. The minimum Gasteiger partial charge on any atom is -0.324 e. The highest BCUT2D eigenvalue weighted by molar-refractivity contribution is 5.43. The van der Waals surface area contributed by atoms with Gasteiger partial charge in [-0.25, -0.2) is 9.37 Å². The van der Waals surface area contributed by atoms with Gasteiger partial charge in [-0.05, 0) is 19.1 Å².